The third-order valence-corrected chi connectivity index (χ3v) is 2.98. The number of phenolic OH excluding ortho intramolecular Hbond substituents is 1. The van der Waals surface area contributed by atoms with Crippen LogP contribution < -0.4 is 4.74 Å². The van der Waals surface area contributed by atoms with E-state index in [-0.39, 0.29) is 5.75 Å². The van der Waals surface area contributed by atoms with Crippen LogP contribution >= 0.6 is 15.9 Å². The zero-order valence-corrected chi connectivity index (χ0v) is 11.4. The molecular formula is C12H14BrNO3. The average Bonchev–Trinajstić information content (AvgIpc) is 2.32. The Morgan fingerprint density at radius 3 is 2.59 bits per heavy atom. The van der Waals surface area contributed by atoms with Crippen molar-refractivity contribution in [3.63, 3.8) is 0 Å². The number of oxime groups is 1. The topological polar surface area (TPSA) is 62.0 Å². The van der Waals surface area contributed by atoms with E-state index in [9.17, 15) is 5.11 Å². The van der Waals surface area contributed by atoms with Crippen molar-refractivity contribution in [1.29, 1.82) is 0 Å². The van der Waals surface area contributed by atoms with Crippen molar-refractivity contribution in [2.24, 2.45) is 5.16 Å². The molecule has 2 N–H and O–H groups in total. The van der Waals surface area contributed by atoms with Gasteiger partial charge in [0, 0.05) is 0 Å². The van der Waals surface area contributed by atoms with E-state index in [1.807, 2.05) is 13.0 Å². The molecule has 0 saturated heterocycles. The average molecular weight is 300 g/mol. The van der Waals surface area contributed by atoms with Gasteiger partial charge in [-0.3, -0.25) is 0 Å². The minimum absolute atomic E-state index is 0.0647. The van der Waals surface area contributed by atoms with Gasteiger partial charge in [0.15, 0.2) is 11.5 Å². The molecule has 0 heterocycles. The zero-order chi connectivity index (χ0) is 13.0. The fourth-order valence-corrected chi connectivity index (χ4v) is 1.73. The van der Waals surface area contributed by atoms with Crippen LogP contribution in [0.3, 0.4) is 0 Å². The van der Waals surface area contributed by atoms with Crippen LogP contribution in [0.4, 0.5) is 0 Å². The van der Waals surface area contributed by atoms with E-state index < -0.39 is 0 Å². The van der Waals surface area contributed by atoms with Crippen molar-refractivity contribution in [1.82, 2.24) is 0 Å². The molecule has 5 heteroatoms. The number of ether oxygens (including phenoxy) is 1. The first-order valence-electron chi connectivity index (χ1n) is 4.93. The Morgan fingerprint density at radius 2 is 2.06 bits per heavy atom. The van der Waals surface area contributed by atoms with Crippen molar-refractivity contribution in [2.75, 3.05) is 7.11 Å². The van der Waals surface area contributed by atoms with Crippen LogP contribution in [0.5, 0.6) is 11.5 Å². The fraction of sp³-hybridized carbons (Fsp3) is 0.250. The smallest absolute Gasteiger partial charge is 0.172 e. The minimum atomic E-state index is 0.0647. The van der Waals surface area contributed by atoms with Crippen LogP contribution in [0.15, 0.2) is 27.3 Å². The summed E-state index contributed by atoms with van der Waals surface area (Å²) in [4.78, 5) is 0. The van der Waals surface area contributed by atoms with E-state index in [0.29, 0.717) is 15.9 Å². The van der Waals surface area contributed by atoms with Gasteiger partial charge in [0.05, 0.1) is 17.3 Å². The summed E-state index contributed by atoms with van der Waals surface area (Å²) in [5.74, 6) is 0.451. The summed E-state index contributed by atoms with van der Waals surface area (Å²) in [7, 11) is 1.49. The number of allylic oxidation sites excluding steroid dienone is 1. The van der Waals surface area contributed by atoms with E-state index >= 15 is 0 Å². The maximum Gasteiger partial charge on any atom is 0.172 e. The Balaban J connectivity index is 3.21. The van der Waals surface area contributed by atoms with Gasteiger partial charge in [0.2, 0.25) is 0 Å². The summed E-state index contributed by atoms with van der Waals surface area (Å²) >= 11 is 3.24. The van der Waals surface area contributed by atoms with Gasteiger partial charge in [-0.25, -0.2) is 0 Å². The summed E-state index contributed by atoms with van der Waals surface area (Å²) in [6.07, 6.45) is 1.84. The molecule has 92 valence electrons. The molecule has 0 unspecified atom stereocenters. The standard InChI is InChI=1S/C12H14BrNO3/c1-7(8(2)14-16)4-9-5-10(13)12(15)11(6-9)17-3/h4-6,15-16H,1-3H3/b7-4-,14-8+. The third kappa shape index (κ3) is 3.23. The Hall–Kier alpha value is -1.49. The van der Waals surface area contributed by atoms with Gasteiger partial charge in [-0.1, -0.05) is 5.16 Å². The summed E-state index contributed by atoms with van der Waals surface area (Å²) in [6.45, 7) is 3.54. The second-order valence-electron chi connectivity index (χ2n) is 3.57. The molecule has 0 aliphatic carbocycles. The number of phenols is 1. The number of halogens is 1. The highest BCUT2D eigenvalue weighted by atomic mass is 79.9. The lowest BCUT2D eigenvalue weighted by Crippen LogP contribution is -1.93. The number of hydrogen-bond acceptors (Lipinski definition) is 4. The second kappa shape index (κ2) is 5.72. The Kier molecular flexibility index (Phi) is 4.57. The number of hydrogen-bond donors (Lipinski definition) is 2. The van der Waals surface area contributed by atoms with E-state index in [2.05, 4.69) is 21.1 Å². The van der Waals surface area contributed by atoms with Crippen molar-refractivity contribution in [3.05, 3.63) is 27.7 Å². The van der Waals surface area contributed by atoms with Gasteiger partial charge < -0.3 is 15.1 Å². The molecule has 17 heavy (non-hydrogen) atoms. The largest absolute Gasteiger partial charge is 0.503 e. The van der Waals surface area contributed by atoms with Gasteiger partial charge in [-0.15, -0.1) is 0 Å². The molecule has 0 amide bonds. The lowest BCUT2D eigenvalue weighted by atomic mass is 10.1. The van der Waals surface area contributed by atoms with Crippen LogP contribution in [0.2, 0.25) is 0 Å². The summed E-state index contributed by atoms with van der Waals surface area (Å²) < 4.78 is 5.60. The van der Waals surface area contributed by atoms with E-state index in [1.165, 1.54) is 7.11 Å². The van der Waals surface area contributed by atoms with Gasteiger partial charge in [0.25, 0.3) is 0 Å². The van der Waals surface area contributed by atoms with Crippen LogP contribution in [0.25, 0.3) is 6.08 Å². The quantitative estimate of drug-likeness (QED) is 0.511. The van der Waals surface area contributed by atoms with E-state index in [4.69, 9.17) is 9.94 Å². The van der Waals surface area contributed by atoms with Gasteiger partial charge in [-0.05, 0) is 59.1 Å². The van der Waals surface area contributed by atoms with E-state index in [1.54, 1.807) is 19.1 Å². The molecule has 0 spiro atoms. The molecule has 0 aliphatic heterocycles. The fourth-order valence-electron chi connectivity index (χ4n) is 1.27. The Morgan fingerprint density at radius 1 is 1.41 bits per heavy atom. The summed E-state index contributed by atoms with van der Waals surface area (Å²) in [5, 5.41) is 21.4. The highest BCUT2D eigenvalue weighted by molar-refractivity contribution is 9.10. The van der Waals surface area contributed by atoms with Crippen molar-refractivity contribution >= 4 is 27.7 Å². The second-order valence-corrected chi connectivity index (χ2v) is 4.42. The lowest BCUT2D eigenvalue weighted by Gasteiger charge is -2.07. The first-order valence-corrected chi connectivity index (χ1v) is 5.72. The lowest BCUT2D eigenvalue weighted by molar-refractivity contribution is 0.319. The maximum absolute atomic E-state index is 9.66. The van der Waals surface area contributed by atoms with Gasteiger partial charge in [-0.2, -0.15) is 0 Å². The molecule has 0 atom stereocenters. The first kappa shape index (κ1) is 13.6. The molecule has 0 aliphatic rings. The molecule has 1 aromatic rings. The summed E-state index contributed by atoms with van der Waals surface area (Å²) in [5.41, 5.74) is 2.20. The molecule has 1 rings (SSSR count). The highest BCUT2D eigenvalue weighted by Crippen LogP contribution is 2.35. The minimum Gasteiger partial charge on any atom is -0.503 e. The molecule has 0 aromatic heterocycles. The Labute approximate surface area is 108 Å². The SMILES string of the molecule is COc1cc(/C=C(C)\C(C)=N\O)cc(Br)c1O. The highest BCUT2D eigenvalue weighted by Gasteiger charge is 2.07. The normalized spacial score (nSPS) is 12.7. The third-order valence-electron chi connectivity index (χ3n) is 2.37. The predicted molar refractivity (Wildman–Crippen MR) is 70.9 cm³/mol. The molecule has 0 radical (unpaired) electrons. The van der Waals surface area contributed by atoms with Crippen LogP contribution in [-0.4, -0.2) is 23.1 Å². The van der Waals surface area contributed by atoms with Crippen LogP contribution in [-0.2, 0) is 0 Å². The number of methoxy groups -OCH3 is 1. The molecule has 0 saturated carbocycles. The molecular weight excluding hydrogens is 286 g/mol. The molecule has 1 aromatic carbocycles. The van der Waals surface area contributed by atoms with Crippen molar-refractivity contribution in [2.45, 2.75) is 13.8 Å². The maximum atomic E-state index is 9.66. The summed E-state index contributed by atoms with van der Waals surface area (Å²) in [6, 6.07) is 3.46. The van der Waals surface area contributed by atoms with Crippen molar-refractivity contribution < 1.29 is 15.1 Å². The van der Waals surface area contributed by atoms with Gasteiger partial charge in [0.1, 0.15) is 0 Å². The number of rotatable bonds is 3. The molecule has 0 fully saturated rings. The Bertz CT molecular complexity index is 481. The monoisotopic (exact) mass is 299 g/mol. The first-order chi connectivity index (χ1) is 7.99. The number of aromatic hydroxyl groups is 1. The molecule has 0 bridgehead atoms. The van der Waals surface area contributed by atoms with E-state index in [0.717, 1.165) is 11.1 Å². The molecule has 4 nitrogen and oxygen atoms in total. The predicted octanol–water partition coefficient (Wildman–Crippen LogP) is 3.42. The van der Waals surface area contributed by atoms with Crippen LogP contribution in [0.1, 0.15) is 19.4 Å². The number of nitrogens with zero attached hydrogens (tertiary/aromatic N) is 1. The van der Waals surface area contributed by atoms with Gasteiger partial charge >= 0.3 is 0 Å². The van der Waals surface area contributed by atoms with Crippen molar-refractivity contribution in [3.8, 4) is 11.5 Å². The zero-order valence-electron chi connectivity index (χ0n) is 9.86. The van der Waals surface area contributed by atoms with Crippen LogP contribution in [0, 0.1) is 0 Å². The number of benzene rings is 1.